The molecule has 0 atom stereocenters. The zero-order valence-corrected chi connectivity index (χ0v) is 9.59. The van der Waals surface area contributed by atoms with Gasteiger partial charge >= 0.3 is 0 Å². The summed E-state index contributed by atoms with van der Waals surface area (Å²) in [6.07, 6.45) is 0. The Labute approximate surface area is 90.2 Å². The van der Waals surface area contributed by atoms with Crippen molar-refractivity contribution in [1.29, 1.82) is 0 Å². The van der Waals surface area contributed by atoms with Crippen LogP contribution in [-0.2, 0) is 6.67 Å². The van der Waals surface area contributed by atoms with Gasteiger partial charge in [0.25, 0.3) is 0 Å². The number of benzene rings is 1. The summed E-state index contributed by atoms with van der Waals surface area (Å²) in [4.78, 5) is 0. The van der Waals surface area contributed by atoms with E-state index < -0.39 is 6.67 Å². The molecular weight excluding hydrogens is 286 g/mol. The molecule has 0 aliphatic rings. The number of halogens is 2. The molecule has 0 amide bonds. The third kappa shape index (κ3) is 2.24. The Kier molecular flexibility index (Phi) is 3.77. The van der Waals surface area contributed by atoms with Crippen LogP contribution in [0.1, 0.15) is 5.56 Å². The van der Waals surface area contributed by atoms with Gasteiger partial charge in [0, 0.05) is 11.6 Å². The lowest BCUT2D eigenvalue weighted by atomic mass is 10.2. The molecule has 0 fully saturated rings. The molecule has 0 saturated carbocycles. The second kappa shape index (κ2) is 4.64. The topological polar surface area (TPSA) is 18.5 Å². The summed E-state index contributed by atoms with van der Waals surface area (Å²) in [7, 11) is 3.09. The molecule has 0 unspecified atom stereocenters. The van der Waals surface area contributed by atoms with E-state index in [1.54, 1.807) is 19.2 Å². The summed E-state index contributed by atoms with van der Waals surface area (Å²) in [5, 5.41) is 0. The van der Waals surface area contributed by atoms with Crippen LogP contribution in [0.5, 0.6) is 11.5 Å². The zero-order chi connectivity index (χ0) is 9.84. The molecule has 0 spiro atoms. The molecule has 0 aliphatic carbocycles. The fraction of sp³-hybridized carbons (Fsp3) is 0.333. The number of hydrogen-bond acceptors (Lipinski definition) is 2. The predicted octanol–water partition coefficient (Wildman–Crippen LogP) is 2.78. The van der Waals surface area contributed by atoms with Crippen LogP contribution in [0.3, 0.4) is 0 Å². The lowest BCUT2D eigenvalue weighted by Crippen LogP contribution is -1.94. The SMILES string of the molecule is COc1cc(OC)c(CF)cc1I. The predicted molar refractivity (Wildman–Crippen MR) is 57.1 cm³/mol. The van der Waals surface area contributed by atoms with E-state index >= 15 is 0 Å². The van der Waals surface area contributed by atoms with Gasteiger partial charge in [-0.15, -0.1) is 0 Å². The van der Waals surface area contributed by atoms with Crippen LogP contribution in [0.15, 0.2) is 12.1 Å². The van der Waals surface area contributed by atoms with E-state index in [1.165, 1.54) is 7.11 Å². The minimum atomic E-state index is -0.525. The number of hydrogen-bond donors (Lipinski definition) is 0. The molecule has 0 bridgehead atoms. The fourth-order valence-electron chi connectivity index (χ4n) is 1.03. The van der Waals surface area contributed by atoms with Crippen LogP contribution >= 0.6 is 22.6 Å². The molecule has 0 aliphatic heterocycles. The molecule has 1 aromatic carbocycles. The number of rotatable bonds is 3. The molecular formula is C9H10FIO2. The Morgan fingerprint density at radius 2 is 1.85 bits per heavy atom. The van der Waals surface area contributed by atoms with Gasteiger partial charge in [-0.2, -0.15) is 0 Å². The molecule has 0 saturated heterocycles. The van der Waals surface area contributed by atoms with Crippen molar-refractivity contribution in [3.8, 4) is 11.5 Å². The lowest BCUT2D eigenvalue weighted by Gasteiger charge is -2.09. The second-order valence-electron chi connectivity index (χ2n) is 2.43. The van der Waals surface area contributed by atoms with Gasteiger partial charge in [-0.3, -0.25) is 0 Å². The summed E-state index contributed by atoms with van der Waals surface area (Å²) < 4.78 is 23.4. The monoisotopic (exact) mass is 296 g/mol. The second-order valence-corrected chi connectivity index (χ2v) is 3.59. The van der Waals surface area contributed by atoms with Crippen molar-refractivity contribution < 1.29 is 13.9 Å². The van der Waals surface area contributed by atoms with E-state index in [4.69, 9.17) is 9.47 Å². The maximum Gasteiger partial charge on any atom is 0.135 e. The third-order valence-corrected chi connectivity index (χ3v) is 2.54. The standard InChI is InChI=1S/C9H10FIO2/c1-12-8-4-9(13-2)7(11)3-6(8)5-10/h3-4H,5H2,1-2H3. The van der Waals surface area contributed by atoms with E-state index in [0.717, 1.165) is 3.57 Å². The van der Waals surface area contributed by atoms with Gasteiger partial charge in [-0.1, -0.05) is 0 Å². The van der Waals surface area contributed by atoms with E-state index in [-0.39, 0.29) is 0 Å². The molecule has 13 heavy (non-hydrogen) atoms. The van der Waals surface area contributed by atoms with Crippen molar-refractivity contribution in [3.05, 3.63) is 21.3 Å². The first-order chi connectivity index (χ1) is 6.22. The summed E-state index contributed by atoms with van der Waals surface area (Å²) in [6.45, 7) is -0.525. The first-order valence-electron chi connectivity index (χ1n) is 3.69. The van der Waals surface area contributed by atoms with Gasteiger partial charge in [-0.25, -0.2) is 4.39 Å². The van der Waals surface area contributed by atoms with Crippen molar-refractivity contribution >= 4 is 22.6 Å². The van der Waals surface area contributed by atoms with Crippen LogP contribution in [0.2, 0.25) is 0 Å². The van der Waals surface area contributed by atoms with Crippen molar-refractivity contribution in [2.45, 2.75) is 6.67 Å². The molecule has 4 heteroatoms. The van der Waals surface area contributed by atoms with E-state index in [2.05, 4.69) is 22.6 Å². The van der Waals surface area contributed by atoms with Crippen molar-refractivity contribution in [3.63, 3.8) is 0 Å². The highest BCUT2D eigenvalue weighted by Crippen LogP contribution is 2.30. The van der Waals surface area contributed by atoms with E-state index in [1.807, 2.05) is 0 Å². The van der Waals surface area contributed by atoms with Crippen LogP contribution in [0, 0.1) is 3.57 Å². The highest BCUT2D eigenvalue weighted by atomic mass is 127. The van der Waals surface area contributed by atoms with Crippen LogP contribution in [0.25, 0.3) is 0 Å². The summed E-state index contributed by atoms with van der Waals surface area (Å²) >= 11 is 2.10. The van der Waals surface area contributed by atoms with Gasteiger partial charge in [0.05, 0.1) is 17.8 Å². The Hall–Kier alpha value is -0.520. The Morgan fingerprint density at radius 1 is 1.23 bits per heavy atom. The van der Waals surface area contributed by atoms with Crippen molar-refractivity contribution in [2.75, 3.05) is 14.2 Å². The van der Waals surface area contributed by atoms with E-state index in [0.29, 0.717) is 17.1 Å². The largest absolute Gasteiger partial charge is 0.496 e. The Morgan fingerprint density at radius 3 is 2.31 bits per heavy atom. The zero-order valence-electron chi connectivity index (χ0n) is 7.43. The molecule has 0 aromatic heterocycles. The molecule has 0 N–H and O–H groups in total. The van der Waals surface area contributed by atoms with Gasteiger partial charge in [0.2, 0.25) is 0 Å². The maximum atomic E-state index is 12.5. The first-order valence-corrected chi connectivity index (χ1v) is 4.77. The summed E-state index contributed by atoms with van der Waals surface area (Å²) in [5.41, 5.74) is 0.549. The molecule has 1 aromatic rings. The van der Waals surface area contributed by atoms with E-state index in [9.17, 15) is 4.39 Å². The number of alkyl halides is 1. The Bertz CT molecular complexity index is 302. The van der Waals surface area contributed by atoms with Crippen molar-refractivity contribution in [1.82, 2.24) is 0 Å². The van der Waals surface area contributed by atoms with Gasteiger partial charge in [0.1, 0.15) is 18.2 Å². The smallest absolute Gasteiger partial charge is 0.135 e. The summed E-state index contributed by atoms with van der Waals surface area (Å²) in [5.74, 6) is 1.23. The normalized spacial score (nSPS) is 9.85. The van der Waals surface area contributed by atoms with Crippen molar-refractivity contribution in [2.24, 2.45) is 0 Å². The summed E-state index contributed by atoms with van der Waals surface area (Å²) in [6, 6.07) is 3.41. The highest BCUT2D eigenvalue weighted by Gasteiger charge is 2.08. The highest BCUT2D eigenvalue weighted by molar-refractivity contribution is 14.1. The van der Waals surface area contributed by atoms with Crippen LogP contribution < -0.4 is 9.47 Å². The number of methoxy groups -OCH3 is 2. The molecule has 72 valence electrons. The van der Waals surface area contributed by atoms with Crippen LogP contribution in [0.4, 0.5) is 4.39 Å². The lowest BCUT2D eigenvalue weighted by molar-refractivity contribution is 0.379. The van der Waals surface area contributed by atoms with Gasteiger partial charge in [0.15, 0.2) is 0 Å². The maximum absolute atomic E-state index is 12.5. The fourth-order valence-corrected chi connectivity index (χ4v) is 1.78. The minimum absolute atomic E-state index is 0.525. The third-order valence-electron chi connectivity index (χ3n) is 1.70. The van der Waals surface area contributed by atoms with Gasteiger partial charge < -0.3 is 9.47 Å². The average Bonchev–Trinajstić information content (AvgIpc) is 2.17. The minimum Gasteiger partial charge on any atom is -0.496 e. The Balaban J connectivity index is 3.18. The first kappa shape index (κ1) is 10.6. The number of ether oxygens (including phenoxy) is 2. The quantitative estimate of drug-likeness (QED) is 0.799. The molecule has 0 radical (unpaired) electrons. The molecule has 1 rings (SSSR count). The van der Waals surface area contributed by atoms with Crippen LogP contribution in [-0.4, -0.2) is 14.2 Å². The molecule has 2 nitrogen and oxygen atoms in total. The average molecular weight is 296 g/mol. The molecule has 0 heterocycles. The van der Waals surface area contributed by atoms with Gasteiger partial charge in [-0.05, 0) is 28.7 Å².